The van der Waals surface area contributed by atoms with Crippen molar-refractivity contribution in [2.45, 2.75) is 25.8 Å². The first-order valence-electron chi connectivity index (χ1n) is 5.49. The molecule has 1 aromatic heterocycles. The van der Waals surface area contributed by atoms with Crippen LogP contribution in [0.3, 0.4) is 0 Å². The molecule has 0 aromatic carbocycles. The normalized spacial score (nSPS) is 35.4. The molecule has 14 heavy (non-hydrogen) atoms. The van der Waals surface area contributed by atoms with Gasteiger partial charge in [-0.25, -0.2) is 0 Å². The van der Waals surface area contributed by atoms with E-state index in [1.54, 1.807) is 4.80 Å². The van der Waals surface area contributed by atoms with Crippen molar-refractivity contribution in [1.29, 1.82) is 0 Å². The predicted molar refractivity (Wildman–Crippen MR) is 53.0 cm³/mol. The van der Waals surface area contributed by atoms with Gasteiger partial charge < -0.3 is 4.90 Å². The molecule has 0 radical (unpaired) electrons. The number of rotatable bonds is 2. The smallest absolute Gasteiger partial charge is 0.0874 e. The van der Waals surface area contributed by atoms with Crippen LogP contribution < -0.4 is 0 Å². The maximum atomic E-state index is 4.51. The van der Waals surface area contributed by atoms with E-state index in [4.69, 9.17) is 0 Å². The minimum absolute atomic E-state index is 0.657. The molecule has 2 aliphatic rings. The molecule has 4 nitrogen and oxygen atoms in total. The topological polar surface area (TPSA) is 34.0 Å². The fourth-order valence-electron chi connectivity index (χ4n) is 2.75. The van der Waals surface area contributed by atoms with Gasteiger partial charge in [0.1, 0.15) is 0 Å². The zero-order valence-corrected chi connectivity index (χ0v) is 8.56. The molecule has 2 bridgehead atoms. The van der Waals surface area contributed by atoms with Crippen molar-refractivity contribution in [3.05, 3.63) is 11.9 Å². The van der Waals surface area contributed by atoms with Crippen molar-refractivity contribution in [3.8, 4) is 0 Å². The summed E-state index contributed by atoms with van der Waals surface area (Å²) in [6.07, 6.45) is 3.31. The first-order chi connectivity index (χ1) is 6.86. The van der Waals surface area contributed by atoms with E-state index in [2.05, 4.69) is 22.0 Å². The fourth-order valence-corrected chi connectivity index (χ4v) is 2.75. The Bertz CT molecular complexity index is 333. The van der Waals surface area contributed by atoms with E-state index in [-0.39, 0.29) is 0 Å². The maximum absolute atomic E-state index is 4.51. The number of piperidine rings is 1. The van der Waals surface area contributed by atoms with Gasteiger partial charge in [0.25, 0.3) is 0 Å². The third-order valence-electron chi connectivity index (χ3n) is 3.55. The van der Waals surface area contributed by atoms with E-state index in [1.807, 2.05) is 6.20 Å². The average molecular weight is 192 g/mol. The van der Waals surface area contributed by atoms with Gasteiger partial charge in [0, 0.05) is 19.0 Å². The van der Waals surface area contributed by atoms with Gasteiger partial charge in [-0.2, -0.15) is 15.0 Å². The van der Waals surface area contributed by atoms with Gasteiger partial charge in [-0.1, -0.05) is 0 Å². The number of hydrogen-bond donors (Lipinski definition) is 0. The molecule has 0 spiro atoms. The van der Waals surface area contributed by atoms with Crippen LogP contribution in [0, 0.1) is 5.92 Å². The molecule has 2 aliphatic heterocycles. The Morgan fingerprint density at radius 2 is 2.43 bits per heavy atom. The van der Waals surface area contributed by atoms with Gasteiger partial charge in [-0.15, -0.1) is 0 Å². The van der Waals surface area contributed by atoms with Gasteiger partial charge in [-0.05, 0) is 25.8 Å². The molecule has 3 heterocycles. The molecular formula is C10H16N4. The summed E-state index contributed by atoms with van der Waals surface area (Å²) in [5.74, 6) is 1.50. The lowest BCUT2D eigenvalue weighted by molar-refractivity contribution is 0.342. The van der Waals surface area contributed by atoms with Gasteiger partial charge in [-0.3, -0.25) is 0 Å². The standard InChI is InChI=1S/C10H16N4/c1-2-14-11-5-10(12-14)9-7-13-4-3-8(9)6-13/h5,8-9H,2-4,6-7H2,1H3. The largest absolute Gasteiger partial charge is 0.302 e. The molecule has 1 aromatic rings. The monoisotopic (exact) mass is 192 g/mol. The summed E-state index contributed by atoms with van der Waals surface area (Å²) in [4.78, 5) is 4.33. The Kier molecular flexibility index (Phi) is 1.83. The molecule has 0 saturated carbocycles. The molecule has 0 amide bonds. The quantitative estimate of drug-likeness (QED) is 0.692. The van der Waals surface area contributed by atoms with Gasteiger partial charge >= 0.3 is 0 Å². The Morgan fingerprint density at radius 1 is 1.50 bits per heavy atom. The van der Waals surface area contributed by atoms with Crippen LogP contribution in [-0.4, -0.2) is 39.5 Å². The zero-order chi connectivity index (χ0) is 9.54. The lowest BCUT2D eigenvalue weighted by Gasteiger charge is -2.19. The number of hydrogen-bond acceptors (Lipinski definition) is 3. The molecule has 3 atom stereocenters. The molecule has 4 heteroatoms. The van der Waals surface area contributed by atoms with Crippen LogP contribution >= 0.6 is 0 Å². The van der Waals surface area contributed by atoms with Crippen molar-refractivity contribution in [3.63, 3.8) is 0 Å². The highest BCUT2D eigenvalue weighted by Gasteiger charge is 2.39. The molecular weight excluding hydrogens is 176 g/mol. The first kappa shape index (κ1) is 8.41. The number of aryl methyl sites for hydroxylation is 1. The van der Waals surface area contributed by atoms with E-state index >= 15 is 0 Å². The number of fused-ring (bicyclic) bond motifs is 2. The molecule has 3 rings (SSSR count). The average Bonchev–Trinajstić information content (AvgIpc) is 2.93. The summed E-state index contributed by atoms with van der Waals surface area (Å²) in [7, 11) is 0. The van der Waals surface area contributed by atoms with Crippen molar-refractivity contribution in [1.82, 2.24) is 19.9 Å². The van der Waals surface area contributed by atoms with Crippen molar-refractivity contribution >= 4 is 0 Å². The van der Waals surface area contributed by atoms with Crippen molar-refractivity contribution < 1.29 is 0 Å². The van der Waals surface area contributed by atoms with Crippen LogP contribution in [0.25, 0.3) is 0 Å². The van der Waals surface area contributed by atoms with Gasteiger partial charge in [0.2, 0.25) is 0 Å². The minimum Gasteiger partial charge on any atom is -0.302 e. The van der Waals surface area contributed by atoms with E-state index in [0.717, 1.165) is 12.5 Å². The van der Waals surface area contributed by atoms with Crippen LogP contribution in [0.15, 0.2) is 6.20 Å². The Labute approximate surface area is 83.9 Å². The van der Waals surface area contributed by atoms with Crippen molar-refractivity contribution in [2.75, 3.05) is 19.6 Å². The highest BCUT2D eigenvalue weighted by molar-refractivity contribution is 5.11. The van der Waals surface area contributed by atoms with Crippen LogP contribution in [0.1, 0.15) is 25.0 Å². The van der Waals surface area contributed by atoms with E-state index in [0.29, 0.717) is 5.92 Å². The summed E-state index contributed by atoms with van der Waals surface area (Å²) in [6.45, 7) is 6.73. The highest BCUT2D eigenvalue weighted by Crippen LogP contribution is 2.38. The summed E-state index contributed by atoms with van der Waals surface area (Å²) < 4.78 is 0. The molecule has 2 fully saturated rings. The summed E-state index contributed by atoms with van der Waals surface area (Å²) in [5.41, 5.74) is 1.21. The molecule has 0 N–H and O–H groups in total. The Balaban J connectivity index is 1.82. The zero-order valence-electron chi connectivity index (χ0n) is 8.56. The van der Waals surface area contributed by atoms with Crippen molar-refractivity contribution in [2.24, 2.45) is 5.92 Å². The van der Waals surface area contributed by atoms with E-state index in [1.165, 1.54) is 31.7 Å². The van der Waals surface area contributed by atoms with E-state index < -0.39 is 0 Å². The first-order valence-corrected chi connectivity index (χ1v) is 5.49. The summed E-state index contributed by atoms with van der Waals surface area (Å²) in [5, 5.41) is 8.76. The second-order valence-corrected chi connectivity index (χ2v) is 4.37. The maximum Gasteiger partial charge on any atom is 0.0874 e. The van der Waals surface area contributed by atoms with Gasteiger partial charge in [0.05, 0.1) is 18.4 Å². The minimum atomic E-state index is 0.657. The van der Waals surface area contributed by atoms with Crippen LogP contribution in [-0.2, 0) is 6.54 Å². The highest BCUT2D eigenvalue weighted by atomic mass is 15.5. The number of aromatic nitrogens is 3. The molecule has 3 unspecified atom stereocenters. The summed E-state index contributed by atoms with van der Waals surface area (Å²) in [6, 6.07) is 0. The fraction of sp³-hybridized carbons (Fsp3) is 0.800. The Morgan fingerprint density at radius 3 is 3.00 bits per heavy atom. The van der Waals surface area contributed by atoms with Crippen LogP contribution in [0.5, 0.6) is 0 Å². The second kappa shape index (κ2) is 3.05. The Hall–Kier alpha value is -0.900. The van der Waals surface area contributed by atoms with Crippen LogP contribution in [0.2, 0.25) is 0 Å². The second-order valence-electron chi connectivity index (χ2n) is 4.37. The molecule has 0 aliphatic carbocycles. The van der Waals surface area contributed by atoms with Crippen LogP contribution in [0.4, 0.5) is 0 Å². The third kappa shape index (κ3) is 1.17. The SMILES string of the molecule is CCn1ncc(C2CN3CCC2C3)n1. The summed E-state index contributed by atoms with van der Waals surface area (Å²) >= 11 is 0. The molecule has 76 valence electrons. The van der Waals surface area contributed by atoms with Gasteiger partial charge in [0.15, 0.2) is 0 Å². The lowest BCUT2D eigenvalue weighted by atomic mass is 9.90. The predicted octanol–water partition coefficient (Wildman–Crippen LogP) is 0.717. The van der Waals surface area contributed by atoms with E-state index in [9.17, 15) is 0 Å². The third-order valence-corrected chi connectivity index (χ3v) is 3.55. The number of nitrogens with zero attached hydrogens (tertiary/aromatic N) is 4. The molecule has 2 saturated heterocycles. The lowest BCUT2D eigenvalue weighted by Crippen LogP contribution is -2.22.